The number of thiazole rings is 1. The number of aromatic nitrogens is 1. The zero-order chi connectivity index (χ0) is 15.5. The van der Waals surface area contributed by atoms with Gasteiger partial charge in [0.2, 0.25) is 0 Å². The van der Waals surface area contributed by atoms with Crippen LogP contribution in [0.4, 0.5) is 5.69 Å². The van der Waals surface area contributed by atoms with E-state index in [9.17, 15) is 10.1 Å². The summed E-state index contributed by atoms with van der Waals surface area (Å²) in [5.41, 5.74) is 2.39. The Morgan fingerprint density at radius 2 is 1.95 bits per heavy atom. The van der Waals surface area contributed by atoms with Crippen molar-refractivity contribution in [1.29, 1.82) is 5.26 Å². The van der Waals surface area contributed by atoms with Gasteiger partial charge in [0.1, 0.15) is 5.01 Å². The molecule has 0 amide bonds. The van der Waals surface area contributed by atoms with Crippen LogP contribution in [-0.2, 0) is 0 Å². The number of non-ortho nitro benzene ring substituents is 1. The molecule has 1 aromatic heterocycles. The summed E-state index contributed by atoms with van der Waals surface area (Å²) in [5.74, 6) is 0. The maximum atomic E-state index is 10.8. The lowest BCUT2D eigenvalue weighted by atomic mass is 10.1. The number of benzene rings is 2. The van der Waals surface area contributed by atoms with Gasteiger partial charge in [-0.25, -0.2) is 4.98 Å². The van der Waals surface area contributed by atoms with Crippen LogP contribution in [0.15, 0.2) is 42.5 Å². The molecule has 3 rings (SSSR count). The average molecular weight is 307 g/mol. The van der Waals surface area contributed by atoms with Crippen molar-refractivity contribution < 1.29 is 4.92 Å². The van der Waals surface area contributed by atoms with Gasteiger partial charge in [-0.1, -0.05) is 18.2 Å². The summed E-state index contributed by atoms with van der Waals surface area (Å²) in [6, 6.07) is 13.9. The second kappa shape index (κ2) is 5.76. The van der Waals surface area contributed by atoms with Crippen LogP contribution < -0.4 is 0 Å². The van der Waals surface area contributed by atoms with E-state index in [0.717, 1.165) is 20.8 Å². The van der Waals surface area contributed by atoms with E-state index in [4.69, 9.17) is 5.26 Å². The molecule has 0 radical (unpaired) electrons. The first kappa shape index (κ1) is 13.9. The van der Waals surface area contributed by atoms with Gasteiger partial charge in [-0.3, -0.25) is 10.1 Å². The maximum absolute atomic E-state index is 10.8. The Labute approximate surface area is 129 Å². The van der Waals surface area contributed by atoms with E-state index in [-0.39, 0.29) is 5.69 Å². The van der Waals surface area contributed by atoms with Crippen LogP contribution in [0.5, 0.6) is 0 Å². The highest BCUT2D eigenvalue weighted by Crippen LogP contribution is 2.27. The number of hydrogen-bond donors (Lipinski definition) is 0. The highest BCUT2D eigenvalue weighted by molar-refractivity contribution is 7.19. The Balaban J connectivity index is 1.88. The molecular weight excluding hydrogens is 298 g/mol. The molecule has 3 aromatic rings. The van der Waals surface area contributed by atoms with Crippen LogP contribution in [0.1, 0.15) is 16.1 Å². The minimum Gasteiger partial charge on any atom is -0.258 e. The smallest absolute Gasteiger partial charge is 0.258 e. The number of nitro benzene ring substituents is 1. The van der Waals surface area contributed by atoms with Gasteiger partial charge in [0, 0.05) is 12.1 Å². The first-order chi connectivity index (χ1) is 10.7. The van der Waals surface area contributed by atoms with Gasteiger partial charge < -0.3 is 0 Å². The summed E-state index contributed by atoms with van der Waals surface area (Å²) < 4.78 is 0.786. The molecular formula is C16H9N3O2S. The zero-order valence-electron chi connectivity index (χ0n) is 11.3. The Bertz CT molecular complexity index is 921. The number of rotatable bonds is 3. The van der Waals surface area contributed by atoms with Gasteiger partial charge >= 0.3 is 0 Å². The van der Waals surface area contributed by atoms with E-state index in [2.05, 4.69) is 11.1 Å². The lowest BCUT2D eigenvalue weighted by Crippen LogP contribution is -1.85. The molecule has 0 saturated heterocycles. The van der Waals surface area contributed by atoms with E-state index >= 15 is 0 Å². The van der Waals surface area contributed by atoms with Gasteiger partial charge in [-0.2, -0.15) is 5.26 Å². The molecule has 0 aliphatic rings. The molecule has 22 heavy (non-hydrogen) atoms. The zero-order valence-corrected chi connectivity index (χ0v) is 12.1. The SMILES string of the molecule is N#Cc1ccc(/C=C/c2nc3ccc([N+](=O)[O-])cc3s2)cc1. The fourth-order valence-corrected chi connectivity index (χ4v) is 2.86. The van der Waals surface area contributed by atoms with Gasteiger partial charge in [0.25, 0.3) is 5.69 Å². The largest absolute Gasteiger partial charge is 0.270 e. The Kier molecular flexibility index (Phi) is 3.64. The molecule has 0 unspecified atom stereocenters. The molecule has 5 nitrogen and oxygen atoms in total. The third kappa shape index (κ3) is 2.85. The molecule has 2 aromatic carbocycles. The molecule has 0 aliphatic carbocycles. The first-order valence-electron chi connectivity index (χ1n) is 6.39. The predicted octanol–water partition coefficient (Wildman–Crippen LogP) is 4.25. The van der Waals surface area contributed by atoms with Crippen molar-refractivity contribution in [1.82, 2.24) is 4.98 Å². The third-order valence-electron chi connectivity index (χ3n) is 3.06. The summed E-state index contributed by atoms with van der Waals surface area (Å²) in [4.78, 5) is 14.8. The van der Waals surface area contributed by atoms with Crippen molar-refractivity contribution in [2.24, 2.45) is 0 Å². The molecule has 0 N–H and O–H groups in total. The van der Waals surface area contributed by atoms with E-state index in [0.29, 0.717) is 5.56 Å². The van der Waals surface area contributed by atoms with Crippen molar-refractivity contribution in [2.75, 3.05) is 0 Å². The van der Waals surface area contributed by atoms with Gasteiger partial charge in [0.05, 0.1) is 26.8 Å². The Hall–Kier alpha value is -3.04. The number of nitro groups is 1. The topological polar surface area (TPSA) is 79.8 Å². The lowest BCUT2D eigenvalue weighted by Gasteiger charge is -1.92. The summed E-state index contributed by atoms with van der Waals surface area (Å²) in [6.45, 7) is 0. The van der Waals surface area contributed by atoms with Crippen LogP contribution in [0.2, 0.25) is 0 Å². The Morgan fingerprint density at radius 1 is 1.18 bits per heavy atom. The van der Waals surface area contributed by atoms with Crippen molar-refractivity contribution in [3.63, 3.8) is 0 Å². The maximum Gasteiger partial charge on any atom is 0.270 e. The third-order valence-corrected chi connectivity index (χ3v) is 4.04. The summed E-state index contributed by atoms with van der Waals surface area (Å²) in [6.07, 6.45) is 3.76. The fraction of sp³-hybridized carbons (Fsp3) is 0. The van der Waals surface area contributed by atoms with Crippen LogP contribution >= 0.6 is 11.3 Å². The van der Waals surface area contributed by atoms with Crippen molar-refractivity contribution >= 4 is 39.4 Å². The number of hydrogen-bond acceptors (Lipinski definition) is 5. The summed E-state index contributed by atoms with van der Waals surface area (Å²) in [7, 11) is 0. The van der Waals surface area contributed by atoms with Gasteiger partial charge in [-0.05, 0) is 29.8 Å². The minimum absolute atomic E-state index is 0.0683. The van der Waals surface area contributed by atoms with E-state index in [1.165, 1.54) is 23.5 Å². The van der Waals surface area contributed by atoms with Crippen molar-refractivity contribution in [2.45, 2.75) is 0 Å². The van der Waals surface area contributed by atoms with E-state index in [1.807, 2.05) is 24.3 Å². The monoisotopic (exact) mass is 307 g/mol. The molecule has 0 fully saturated rings. The van der Waals surface area contributed by atoms with E-state index in [1.54, 1.807) is 18.2 Å². The molecule has 6 heteroatoms. The van der Waals surface area contributed by atoms with Crippen LogP contribution in [0, 0.1) is 21.4 Å². The highest BCUT2D eigenvalue weighted by atomic mass is 32.1. The molecule has 0 aliphatic heterocycles. The predicted molar refractivity (Wildman–Crippen MR) is 86.4 cm³/mol. The molecule has 0 saturated carbocycles. The van der Waals surface area contributed by atoms with Crippen LogP contribution in [0.25, 0.3) is 22.4 Å². The first-order valence-corrected chi connectivity index (χ1v) is 7.20. The van der Waals surface area contributed by atoms with Crippen LogP contribution in [0.3, 0.4) is 0 Å². The number of nitrogens with zero attached hydrogens (tertiary/aromatic N) is 3. The summed E-state index contributed by atoms with van der Waals surface area (Å²) in [5, 5.41) is 20.3. The number of nitriles is 1. The fourth-order valence-electron chi connectivity index (χ4n) is 1.95. The number of fused-ring (bicyclic) bond motifs is 1. The highest BCUT2D eigenvalue weighted by Gasteiger charge is 2.09. The van der Waals surface area contributed by atoms with Crippen molar-refractivity contribution in [3.8, 4) is 6.07 Å². The molecule has 0 atom stereocenters. The van der Waals surface area contributed by atoms with Crippen molar-refractivity contribution in [3.05, 3.63) is 68.7 Å². The molecule has 0 spiro atoms. The summed E-state index contributed by atoms with van der Waals surface area (Å²) >= 11 is 1.40. The van der Waals surface area contributed by atoms with Crippen LogP contribution in [-0.4, -0.2) is 9.91 Å². The van der Waals surface area contributed by atoms with Gasteiger partial charge in [-0.15, -0.1) is 11.3 Å². The molecule has 0 bridgehead atoms. The van der Waals surface area contributed by atoms with E-state index < -0.39 is 4.92 Å². The second-order valence-electron chi connectivity index (χ2n) is 4.53. The van der Waals surface area contributed by atoms with Gasteiger partial charge in [0.15, 0.2) is 0 Å². The molecule has 1 heterocycles. The quantitative estimate of drug-likeness (QED) is 0.535. The standard InChI is InChI=1S/C16H9N3O2S/c17-10-12-3-1-11(2-4-12)5-8-16-18-14-7-6-13(19(20)21)9-15(14)22-16/h1-9H/b8-5+. The molecule has 106 valence electrons. The lowest BCUT2D eigenvalue weighted by molar-refractivity contribution is -0.384. The normalized spacial score (nSPS) is 10.9. The minimum atomic E-state index is -0.411. The second-order valence-corrected chi connectivity index (χ2v) is 5.59. The average Bonchev–Trinajstić information content (AvgIpc) is 2.95. The Morgan fingerprint density at radius 3 is 2.64 bits per heavy atom.